The third-order valence-corrected chi connectivity index (χ3v) is 4.15. The van der Waals surface area contributed by atoms with E-state index in [0.717, 1.165) is 22.7 Å². The monoisotopic (exact) mass is 359 g/mol. The Bertz CT molecular complexity index is 1120. The molecule has 3 N–H and O–H groups in total. The van der Waals surface area contributed by atoms with Gasteiger partial charge >= 0.3 is 0 Å². The van der Waals surface area contributed by atoms with Crippen LogP contribution in [0.25, 0.3) is 16.9 Å². The van der Waals surface area contributed by atoms with Crippen LogP contribution in [0.5, 0.6) is 5.75 Å². The van der Waals surface area contributed by atoms with Gasteiger partial charge in [-0.3, -0.25) is 4.79 Å². The van der Waals surface area contributed by atoms with E-state index in [4.69, 9.17) is 10.5 Å². The van der Waals surface area contributed by atoms with Gasteiger partial charge in [0, 0.05) is 16.8 Å². The van der Waals surface area contributed by atoms with E-state index in [-0.39, 0.29) is 0 Å². The van der Waals surface area contributed by atoms with Gasteiger partial charge in [0.15, 0.2) is 5.65 Å². The molecule has 7 heteroatoms. The molecule has 0 aliphatic heterocycles. The molecule has 2 aromatic heterocycles. The van der Waals surface area contributed by atoms with Gasteiger partial charge in [0.2, 0.25) is 11.9 Å². The molecule has 0 aliphatic rings. The Morgan fingerprint density at radius 1 is 1.07 bits per heavy atom. The number of hydrogen-bond donors (Lipinski definition) is 2. The summed E-state index contributed by atoms with van der Waals surface area (Å²) in [6, 6.07) is 20.4. The molecule has 0 aliphatic carbocycles. The summed E-state index contributed by atoms with van der Waals surface area (Å²) in [5, 5.41) is 7.70. The second kappa shape index (κ2) is 6.80. The second-order valence-electron chi connectivity index (χ2n) is 5.91. The van der Waals surface area contributed by atoms with E-state index in [0.29, 0.717) is 17.2 Å². The largest absolute Gasteiger partial charge is 0.497 e. The molecule has 0 unspecified atom stereocenters. The van der Waals surface area contributed by atoms with Crippen LogP contribution in [-0.2, 0) is 0 Å². The maximum Gasteiger partial charge on any atom is 0.248 e. The summed E-state index contributed by atoms with van der Waals surface area (Å²) < 4.78 is 7.08. The number of benzene rings is 2. The van der Waals surface area contributed by atoms with Crippen LogP contribution >= 0.6 is 0 Å². The Labute approximate surface area is 155 Å². The molecule has 0 bridgehead atoms. The van der Waals surface area contributed by atoms with Crippen LogP contribution < -0.4 is 15.8 Å². The van der Waals surface area contributed by atoms with Crippen LogP contribution in [0, 0.1) is 0 Å². The third-order valence-electron chi connectivity index (χ3n) is 4.15. The number of carbonyl (C=O) groups is 1. The molecule has 134 valence electrons. The van der Waals surface area contributed by atoms with E-state index in [1.165, 1.54) is 0 Å². The summed E-state index contributed by atoms with van der Waals surface area (Å²) in [4.78, 5) is 15.7. The summed E-state index contributed by atoms with van der Waals surface area (Å²) >= 11 is 0. The fourth-order valence-corrected chi connectivity index (χ4v) is 2.81. The molecular formula is C20H17N5O2. The van der Waals surface area contributed by atoms with Crippen molar-refractivity contribution in [2.45, 2.75) is 0 Å². The number of anilines is 2. The van der Waals surface area contributed by atoms with Crippen molar-refractivity contribution in [1.82, 2.24) is 14.6 Å². The number of rotatable bonds is 5. The number of nitrogens with two attached hydrogens (primary N) is 1. The molecule has 1 amide bonds. The number of ether oxygens (including phenoxy) is 1. The van der Waals surface area contributed by atoms with Gasteiger partial charge in [0.05, 0.1) is 12.8 Å². The van der Waals surface area contributed by atoms with E-state index >= 15 is 0 Å². The van der Waals surface area contributed by atoms with Crippen molar-refractivity contribution >= 4 is 23.2 Å². The molecule has 2 aromatic carbocycles. The van der Waals surface area contributed by atoms with E-state index in [1.807, 2.05) is 42.5 Å². The highest BCUT2D eigenvalue weighted by Gasteiger charge is 2.10. The molecule has 0 atom stereocenters. The number of fused-ring (bicyclic) bond motifs is 1. The zero-order valence-corrected chi connectivity index (χ0v) is 14.6. The van der Waals surface area contributed by atoms with E-state index in [1.54, 1.807) is 35.9 Å². The number of methoxy groups -OCH3 is 1. The first-order valence-electron chi connectivity index (χ1n) is 8.31. The molecule has 0 radical (unpaired) electrons. The first-order chi connectivity index (χ1) is 13.1. The van der Waals surface area contributed by atoms with E-state index in [9.17, 15) is 4.79 Å². The average Bonchev–Trinajstić information content (AvgIpc) is 3.10. The third kappa shape index (κ3) is 3.30. The summed E-state index contributed by atoms with van der Waals surface area (Å²) in [7, 11) is 1.64. The number of nitrogens with zero attached hydrogens (tertiary/aromatic N) is 3. The van der Waals surface area contributed by atoms with Crippen LogP contribution in [0.3, 0.4) is 0 Å². The number of hydrogen-bond acceptors (Lipinski definition) is 5. The average molecular weight is 359 g/mol. The molecule has 27 heavy (non-hydrogen) atoms. The minimum atomic E-state index is -0.463. The predicted molar refractivity (Wildman–Crippen MR) is 103 cm³/mol. The minimum Gasteiger partial charge on any atom is -0.497 e. The van der Waals surface area contributed by atoms with Crippen LogP contribution in [0.1, 0.15) is 10.4 Å². The molecule has 2 heterocycles. The lowest BCUT2D eigenvalue weighted by molar-refractivity contribution is 0.100. The zero-order chi connectivity index (χ0) is 18.8. The summed E-state index contributed by atoms with van der Waals surface area (Å²) in [5.74, 6) is 0.769. The fourth-order valence-electron chi connectivity index (χ4n) is 2.81. The van der Waals surface area contributed by atoms with Crippen LogP contribution in [-0.4, -0.2) is 27.6 Å². The van der Waals surface area contributed by atoms with Gasteiger partial charge in [-0.05, 0) is 48.5 Å². The number of pyridine rings is 1. The lowest BCUT2D eigenvalue weighted by atomic mass is 10.1. The van der Waals surface area contributed by atoms with Gasteiger partial charge in [-0.15, -0.1) is 5.10 Å². The Morgan fingerprint density at radius 2 is 1.85 bits per heavy atom. The highest BCUT2D eigenvalue weighted by Crippen LogP contribution is 2.25. The van der Waals surface area contributed by atoms with E-state index in [2.05, 4.69) is 15.4 Å². The van der Waals surface area contributed by atoms with Gasteiger partial charge in [-0.2, -0.15) is 4.98 Å². The Balaban J connectivity index is 1.69. The van der Waals surface area contributed by atoms with Gasteiger partial charge in [-0.1, -0.05) is 18.2 Å². The Kier molecular flexibility index (Phi) is 4.18. The zero-order valence-electron chi connectivity index (χ0n) is 14.6. The molecule has 4 aromatic rings. The first kappa shape index (κ1) is 16.6. The first-order valence-corrected chi connectivity index (χ1v) is 8.31. The lowest BCUT2D eigenvalue weighted by Crippen LogP contribution is -2.10. The number of carbonyl (C=O) groups excluding carboxylic acids is 1. The van der Waals surface area contributed by atoms with Crippen molar-refractivity contribution in [1.29, 1.82) is 0 Å². The Morgan fingerprint density at radius 3 is 2.59 bits per heavy atom. The lowest BCUT2D eigenvalue weighted by Gasteiger charge is -2.06. The SMILES string of the molecule is COc1cccc(-c2cccc3nc(Nc4ccc(C(N)=O)cc4)nn23)c1. The predicted octanol–water partition coefficient (Wildman–Crippen LogP) is 3.25. The quantitative estimate of drug-likeness (QED) is 0.570. The molecule has 0 saturated carbocycles. The molecule has 7 nitrogen and oxygen atoms in total. The Hall–Kier alpha value is -3.87. The van der Waals surface area contributed by atoms with Crippen molar-refractivity contribution < 1.29 is 9.53 Å². The fraction of sp³-hybridized carbons (Fsp3) is 0.0500. The molecule has 0 fully saturated rings. The second-order valence-corrected chi connectivity index (χ2v) is 5.91. The van der Waals surface area contributed by atoms with Crippen molar-refractivity contribution in [3.05, 3.63) is 72.3 Å². The summed E-state index contributed by atoms with van der Waals surface area (Å²) in [5.41, 5.74) is 9.06. The maximum atomic E-state index is 11.2. The molecular weight excluding hydrogens is 342 g/mol. The van der Waals surface area contributed by atoms with Crippen LogP contribution in [0.2, 0.25) is 0 Å². The van der Waals surface area contributed by atoms with Gasteiger partial charge in [0.1, 0.15) is 5.75 Å². The number of aromatic nitrogens is 3. The van der Waals surface area contributed by atoms with Crippen molar-refractivity contribution in [2.75, 3.05) is 12.4 Å². The topological polar surface area (TPSA) is 94.5 Å². The molecule has 0 spiro atoms. The standard InChI is InChI=1S/C20H17N5O2/c1-27-16-5-2-4-14(12-16)17-6-3-7-18-23-20(24-25(17)18)22-15-10-8-13(9-11-15)19(21)26/h2-12H,1H3,(H2,21,26)(H,22,24). The van der Waals surface area contributed by atoms with Gasteiger partial charge < -0.3 is 15.8 Å². The number of primary amides is 1. The van der Waals surface area contributed by atoms with Crippen LogP contribution in [0.15, 0.2) is 66.7 Å². The van der Waals surface area contributed by atoms with Gasteiger partial charge in [-0.25, -0.2) is 4.52 Å². The van der Waals surface area contributed by atoms with Crippen molar-refractivity contribution in [2.24, 2.45) is 5.73 Å². The normalized spacial score (nSPS) is 10.7. The highest BCUT2D eigenvalue weighted by molar-refractivity contribution is 5.93. The van der Waals surface area contributed by atoms with Crippen molar-refractivity contribution in [3.8, 4) is 17.0 Å². The number of nitrogens with one attached hydrogen (secondary N) is 1. The van der Waals surface area contributed by atoms with Crippen LogP contribution in [0.4, 0.5) is 11.6 Å². The maximum absolute atomic E-state index is 11.2. The highest BCUT2D eigenvalue weighted by atomic mass is 16.5. The minimum absolute atomic E-state index is 0.448. The number of amides is 1. The summed E-state index contributed by atoms with van der Waals surface area (Å²) in [6.07, 6.45) is 0. The van der Waals surface area contributed by atoms with Gasteiger partial charge in [0.25, 0.3) is 0 Å². The molecule has 4 rings (SSSR count). The summed E-state index contributed by atoms with van der Waals surface area (Å²) in [6.45, 7) is 0. The smallest absolute Gasteiger partial charge is 0.248 e. The molecule has 0 saturated heterocycles. The van der Waals surface area contributed by atoms with Crippen molar-refractivity contribution in [3.63, 3.8) is 0 Å². The van der Waals surface area contributed by atoms with E-state index < -0.39 is 5.91 Å².